The van der Waals surface area contributed by atoms with Crippen LogP contribution in [-0.4, -0.2) is 44.6 Å². The summed E-state index contributed by atoms with van der Waals surface area (Å²) in [5.41, 5.74) is 2.31. The topological polar surface area (TPSA) is 32.8 Å². The zero-order valence-corrected chi connectivity index (χ0v) is 13.5. The molecule has 4 nitrogen and oxygen atoms in total. The third kappa shape index (κ3) is 4.21. The Morgan fingerprint density at radius 3 is 2.57 bits per heavy atom. The SMILES string of the molecule is CC(C)CC(=O)N1CCOC(c2ccc(N(C)C)cc2)C1. The van der Waals surface area contributed by atoms with Gasteiger partial charge in [0.15, 0.2) is 0 Å². The molecular formula is C17H26N2O2. The van der Waals surface area contributed by atoms with Crippen molar-refractivity contribution >= 4 is 11.6 Å². The first-order valence-electron chi connectivity index (χ1n) is 7.64. The van der Waals surface area contributed by atoms with Crippen molar-refractivity contribution in [1.29, 1.82) is 0 Å². The zero-order valence-electron chi connectivity index (χ0n) is 13.5. The van der Waals surface area contributed by atoms with Gasteiger partial charge in [-0.2, -0.15) is 0 Å². The largest absolute Gasteiger partial charge is 0.378 e. The Morgan fingerprint density at radius 1 is 1.33 bits per heavy atom. The Hall–Kier alpha value is -1.55. The molecule has 1 aromatic carbocycles. The fraction of sp³-hybridized carbons (Fsp3) is 0.588. The fourth-order valence-corrected chi connectivity index (χ4v) is 2.54. The van der Waals surface area contributed by atoms with Crippen molar-refractivity contribution < 1.29 is 9.53 Å². The number of hydrogen-bond donors (Lipinski definition) is 0. The highest BCUT2D eigenvalue weighted by Crippen LogP contribution is 2.25. The van der Waals surface area contributed by atoms with E-state index in [0.717, 1.165) is 5.56 Å². The van der Waals surface area contributed by atoms with Crippen LogP contribution in [-0.2, 0) is 9.53 Å². The highest BCUT2D eigenvalue weighted by atomic mass is 16.5. The summed E-state index contributed by atoms with van der Waals surface area (Å²) in [6.07, 6.45) is 0.609. The van der Waals surface area contributed by atoms with Crippen molar-refractivity contribution in [1.82, 2.24) is 4.90 Å². The Bertz CT molecular complexity index is 468. The van der Waals surface area contributed by atoms with E-state index in [4.69, 9.17) is 4.74 Å². The molecule has 1 unspecified atom stereocenters. The lowest BCUT2D eigenvalue weighted by atomic mass is 10.1. The summed E-state index contributed by atoms with van der Waals surface area (Å²) in [4.78, 5) is 16.2. The molecule has 1 amide bonds. The second-order valence-corrected chi connectivity index (χ2v) is 6.28. The molecule has 21 heavy (non-hydrogen) atoms. The molecule has 0 N–H and O–H groups in total. The molecule has 0 spiro atoms. The van der Waals surface area contributed by atoms with Gasteiger partial charge in [-0.05, 0) is 23.6 Å². The van der Waals surface area contributed by atoms with Crippen molar-refractivity contribution in [3.05, 3.63) is 29.8 Å². The number of ether oxygens (including phenoxy) is 1. The monoisotopic (exact) mass is 290 g/mol. The van der Waals surface area contributed by atoms with Crippen LogP contribution in [0.25, 0.3) is 0 Å². The lowest BCUT2D eigenvalue weighted by molar-refractivity contribution is -0.139. The quantitative estimate of drug-likeness (QED) is 0.855. The number of nitrogens with zero attached hydrogens (tertiary/aromatic N) is 2. The molecule has 1 heterocycles. The van der Waals surface area contributed by atoms with Crippen molar-refractivity contribution in [3.63, 3.8) is 0 Å². The van der Waals surface area contributed by atoms with Crippen LogP contribution in [0, 0.1) is 5.92 Å². The van der Waals surface area contributed by atoms with Crippen LogP contribution in [0.2, 0.25) is 0 Å². The third-order valence-corrected chi connectivity index (χ3v) is 3.78. The number of hydrogen-bond acceptors (Lipinski definition) is 3. The molecule has 1 saturated heterocycles. The molecule has 0 bridgehead atoms. The summed E-state index contributed by atoms with van der Waals surface area (Å²) < 4.78 is 5.84. The van der Waals surface area contributed by atoms with Crippen LogP contribution in [0.3, 0.4) is 0 Å². The molecule has 1 fully saturated rings. The molecule has 1 atom stereocenters. The van der Waals surface area contributed by atoms with Gasteiger partial charge in [0.05, 0.1) is 13.2 Å². The lowest BCUT2D eigenvalue weighted by Gasteiger charge is -2.33. The van der Waals surface area contributed by atoms with E-state index in [0.29, 0.717) is 32.0 Å². The first-order valence-corrected chi connectivity index (χ1v) is 7.64. The zero-order chi connectivity index (χ0) is 15.4. The summed E-state index contributed by atoms with van der Waals surface area (Å²) >= 11 is 0. The van der Waals surface area contributed by atoms with E-state index in [1.54, 1.807) is 0 Å². The molecule has 1 aliphatic rings. The third-order valence-electron chi connectivity index (χ3n) is 3.78. The second-order valence-electron chi connectivity index (χ2n) is 6.28. The maximum Gasteiger partial charge on any atom is 0.223 e. The first-order chi connectivity index (χ1) is 9.97. The number of carbonyl (C=O) groups is 1. The highest BCUT2D eigenvalue weighted by Gasteiger charge is 2.25. The van der Waals surface area contributed by atoms with Gasteiger partial charge < -0.3 is 14.5 Å². The summed E-state index contributed by atoms with van der Waals surface area (Å²) in [5.74, 6) is 0.640. The number of benzene rings is 1. The van der Waals surface area contributed by atoms with E-state index in [2.05, 4.69) is 43.0 Å². The smallest absolute Gasteiger partial charge is 0.223 e. The first kappa shape index (κ1) is 15.8. The number of amides is 1. The van der Waals surface area contributed by atoms with E-state index in [1.165, 1.54) is 5.69 Å². The highest BCUT2D eigenvalue weighted by molar-refractivity contribution is 5.76. The molecule has 1 aromatic rings. The van der Waals surface area contributed by atoms with Gasteiger partial charge in [0.1, 0.15) is 6.10 Å². The van der Waals surface area contributed by atoms with Gasteiger partial charge in [-0.1, -0.05) is 26.0 Å². The average Bonchev–Trinajstić information content (AvgIpc) is 2.47. The Balaban J connectivity index is 2.01. The molecule has 116 valence electrons. The van der Waals surface area contributed by atoms with Gasteiger partial charge in [0.2, 0.25) is 5.91 Å². The van der Waals surface area contributed by atoms with Gasteiger partial charge in [-0.15, -0.1) is 0 Å². The van der Waals surface area contributed by atoms with Crippen LogP contribution in [0.5, 0.6) is 0 Å². The molecular weight excluding hydrogens is 264 g/mol. The molecule has 0 radical (unpaired) electrons. The van der Waals surface area contributed by atoms with Crippen molar-refractivity contribution in [2.75, 3.05) is 38.7 Å². The molecule has 0 saturated carbocycles. The lowest BCUT2D eigenvalue weighted by Crippen LogP contribution is -2.42. The average molecular weight is 290 g/mol. The molecule has 1 aliphatic heterocycles. The summed E-state index contributed by atoms with van der Waals surface area (Å²) in [6.45, 7) is 6.14. The van der Waals surface area contributed by atoms with Gasteiger partial charge in [-0.3, -0.25) is 4.79 Å². The molecule has 2 rings (SSSR count). The minimum atomic E-state index is -0.00826. The normalized spacial score (nSPS) is 18.9. The summed E-state index contributed by atoms with van der Waals surface area (Å²) in [5, 5.41) is 0. The number of anilines is 1. The van der Waals surface area contributed by atoms with Crippen molar-refractivity contribution in [2.45, 2.75) is 26.4 Å². The summed E-state index contributed by atoms with van der Waals surface area (Å²) in [6, 6.07) is 8.37. The van der Waals surface area contributed by atoms with E-state index < -0.39 is 0 Å². The van der Waals surface area contributed by atoms with Crippen LogP contribution in [0.15, 0.2) is 24.3 Å². The number of rotatable bonds is 4. The van der Waals surface area contributed by atoms with E-state index in [9.17, 15) is 4.79 Å². The van der Waals surface area contributed by atoms with E-state index in [-0.39, 0.29) is 12.0 Å². The van der Waals surface area contributed by atoms with E-state index in [1.807, 2.05) is 19.0 Å². The molecule has 0 aliphatic carbocycles. The van der Waals surface area contributed by atoms with Crippen LogP contribution >= 0.6 is 0 Å². The second kappa shape index (κ2) is 6.94. The Labute approximate surface area is 127 Å². The Kier molecular flexibility index (Phi) is 5.23. The Morgan fingerprint density at radius 2 is 2.00 bits per heavy atom. The standard InChI is InChI=1S/C17H26N2O2/c1-13(2)11-17(20)19-9-10-21-16(12-19)14-5-7-15(8-6-14)18(3)4/h5-8,13,16H,9-12H2,1-4H3. The predicted octanol–water partition coefficient (Wildman–Crippen LogP) is 2.70. The summed E-state index contributed by atoms with van der Waals surface area (Å²) in [7, 11) is 4.05. The molecule has 0 aromatic heterocycles. The van der Waals surface area contributed by atoms with Gasteiger partial charge in [-0.25, -0.2) is 0 Å². The van der Waals surface area contributed by atoms with Crippen molar-refractivity contribution in [2.24, 2.45) is 5.92 Å². The van der Waals surface area contributed by atoms with Crippen LogP contribution in [0.1, 0.15) is 31.9 Å². The number of morpholine rings is 1. The maximum atomic E-state index is 12.2. The van der Waals surface area contributed by atoms with Gasteiger partial charge in [0.25, 0.3) is 0 Å². The maximum absolute atomic E-state index is 12.2. The van der Waals surface area contributed by atoms with Gasteiger partial charge in [0, 0.05) is 32.7 Å². The van der Waals surface area contributed by atoms with Gasteiger partial charge >= 0.3 is 0 Å². The van der Waals surface area contributed by atoms with Crippen molar-refractivity contribution in [3.8, 4) is 0 Å². The fourth-order valence-electron chi connectivity index (χ4n) is 2.54. The van der Waals surface area contributed by atoms with Crippen LogP contribution in [0.4, 0.5) is 5.69 Å². The minimum Gasteiger partial charge on any atom is -0.378 e. The number of carbonyl (C=O) groups excluding carboxylic acids is 1. The minimum absolute atomic E-state index is 0.00826. The van der Waals surface area contributed by atoms with Crippen LogP contribution < -0.4 is 4.90 Å². The molecule has 4 heteroatoms. The van der Waals surface area contributed by atoms with E-state index >= 15 is 0 Å². The predicted molar refractivity (Wildman–Crippen MR) is 85.5 cm³/mol.